The third-order valence-corrected chi connectivity index (χ3v) is 6.75. The molecule has 0 saturated carbocycles. The highest BCUT2D eigenvalue weighted by Crippen LogP contribution is 2.38. The Kier molecular flexibility index (Phi) is 7.54. The number of hydrogen-bond donors (Lipinski definition) is 1. The molecule has 0 aliphatic carbocycles. The van der Waals surface area contributed by atoms with Crippen molar-refractivity contribution >= 4 is 11.8 Å². The molecule has 0 radical (unpaired) electrons. The minimum absolute atomic E-state index is 0.137. The summed E-state index contributed by atoms with van der Waals surface area (Å²) in [6, 6.07) is 23.2. The average Bonchev–Trinajstić information content (AvgIpc) is 3.43. The molecule has 2 aromatic heterocycles. The number of furan rings is 1. The summed E-state index contributed by atoms with van der Waals surface area (Å²) in [6.45, 7) is 5.16. The van der Waals surface area contributed by atoms with Gasteiger partial charge in [0.05, 0.1) is 18.3 Å². The van der Waals surface area contributed by atoms with Crippen molar-refractivity contribution in [3.8, 4) is 5.75 Å². The summed E-state index contributed by atoms with van der Waals surface area (Å²) in [7, 11) is 0. The third kappa shape index (κ3) is 5.62. The second-order valence-corrected chi connectivity index (χ2v) is 9.43. The predicted octanol–water partition coefficient (Wildman–Crippen LogP) is 5.38. The lowest BCUT2D eigenvalue weighted by Gasteiger charge is -2.38. The van der Waals surface area contributed by atoms with Gasteiger partial charge < -0.3 is 19.4 Å². The van der Waals surface area contributed by atoms with Crippen LogP contribution >= 0.6 is 0 Å². The first kappa shape index (κ1) is 25.3. The molecule has 5 rings (SSSR count). The lowest BCUT2D eigenvalue weighted by Crippen LogP contribution is -2.40. The molecule has 7 heteroatoms. The number of nitrogens with zero attached hydrogens (tertiary/aromatic N) is 2. The molecular weight excluding hydrogens is 478 g/mol. The highest BCUT2D eigenvalue weighted by Gasteiger charge is 2.31. The number of carbonyl (C=O) groups is 2. The van der Waals surface area contributed by atoms with E-state index >= 15 is 0 Å². The summed E-state index contributed by atoms with van der Waals surface area (Å²) < 4.78 is 11.8. The average molecular weight is 510 g/mol. The SMILES string of the molecule is CCC(=O)N1CCc2ccc(OCc3ccc(C(=O)NCc4ccccn4)o3)cc2C1c1cccc(C)c1. The summed E-state index contributed by atoms with van der Waals surface area (Å²) in [5.74, 6) is 1.28. The maximum atomic E-state index is 12.9. The van der Waals surface area contributed by atoms with E-state index in [1.54, 1.807) is 18.3 Å². The maximum Gasteiger partial charge on any atom is 0.287 e. The minimum atomic E-state index is -0.308. The first-order valence-electron chi connectivity index (χ1n) is 12.9. The molecule has 1 N–H and O–H groups in total. The first-order valence-corrected chi connectivity index (χ1v) is 12.9. The van der Waals surface area contributed by atoms with Gasteiger partial charge in [0.25, 0.3) is 5.91 Å². The Bertz CT molecular complexity index is 1430. The van der Waals surface area contributed by atoms with Crippen LogP contribution in [-0.2, 0) is 24.4 Å². The van der Waals surface area contributed by atoms with Gasteiger partial charge in [-0.3, -0.25) is 14.6 Å². The van der Waals surface area contributed by atoms with E-state index in [1.165, 1.54) is 5.56 Å². The van der Waals surface area contributed by atoms with Crippen molar-refractivity contribution in [3.05, 3.63) is 118 Å². The zero-order chi connectivity index (χ0) is 26.5. The Labute approximate surface area is 222 Å². The van der Waals surface area contributed by atoms with Crippen LogP contribution in [0.3, 0.4) is 0 Å². The number of rotatable bonds is 8. The molecule has 3 heterocycles. The van der Waals surface area contributed by atoms with E-state index in [0.29, 0.717) is 31.0 Å². The Morgan fingerprint density at radius 1 is 1.08 bits per heavy atom. The van der Waals surface area contributed by atoms with Crippen molar-refractivity contribution in [2.45, 2.75) is 45.9 Å². The quantitative estimate of drug-likeness (QED) is 0.345. The topological polar surface area (TPSA) is 84.7 Å². The van der Waals surface area contributed by atoms with Crippen LogP contribution in [0.2, 0.25) is 0 Å². The first-order chi connectivity index (χ1) is 18.5. The number of fused-ring (bicyclic) bond motifs is 1. The number of aromatic nitrogens is 1. The lowest BCUT2D eigenvalue weighted by molar-refractivity contribution is -0.132. The number of carbonyl (C=O) groups excluding carboxylic acids is 2. The number of aryl methyl sites for hydroxylation is 1. The molecule has 0 spiro atoms. The third-order valence-electron chi connectivity index (χ3n) is 6.75. The fourth-order valence-corrected chi connectivity index (χ4v) is 4.85. The van der Waals surface area contributed by atoms with Crippen LogP contribution in [-0.4, -0.2) is 28.2 Å². The van der Waals surface area contributed by atoms with E-state index < -0.39 is 0 Å². The summed E-state index contributed by atoms with van der Waals surface area (Å²) in [5.41, 5.74) is 5.32. The molecule has 1 aliphatic heterocycles. The lowest BCUT2D eigenvalue weighted by atomic mass is 9.87. The van der Waals surface area contributed by atoms with Gasteiger partial charge in [0, 0.05) is 19.2 Å². The highest BCUT2D eigenvalue weighted by atomic mass is 16.5. The molecule has 1 atom stereocenters. The largest absolute Gasteiger partial charge is 0.486 e. The van der Waals surface area contributed by atoms with Crippen molar-refractivity contribution in [2.75, 3.05) is 6.54 Å². The molecule has 0 fully saturated rings. The van der Waals surface area contributed by atoms with Gasteiger partial charge in [-0.2, -0.15) is 0 Å². The number of hydrogen-bond acceptors (Lipinski definition) is 5. The minimum Gasteiger partial charge on any atom is -0.486 e. The van der Waals surface area contributed by atoms with Crippen molar-refractivity contribution < 1.29 is 18.7 Å². The van der Waals surface area contributed by atoms with Crippen molar-refractivity contribution in [2.24, 2.45) is 0 Å². The Balaban J connectivity index is 1.30. The van der Waals surface area contributed by atoms with Crippen LogP contribution in [0, 0.1) is 6.92 Å². The molecule has 0 saturated heterocycles. The van der Waals surface area contributed by atoms with Gasteiger partial charge in [0.1, 0.15) is 18.1 Å². The molecule has 1 aliphatic rings. The van der Waals surface area contributed by atoms with Gasteiger partial charge in [-0.15, -0.1) is 0 Å². The highest BCUT2D eigenvalue weighted by molar-refractivity contribution is 5.91. The zero-order valence-electron chi connectivity index (χ0n) is 21.6. The molecule has 2 amide bonds. The van der Waals surface area contributed by atoms with Crippen LogP contribution in [0.15, 0.2) is 83.4 Å². The van der Waals surface area contributed by atoms with Gasteiger partial charge >= 0.3 is 0 Å². The van der Waals surface area contributed by atoms with Gasteiger partial charge in [0.15, 0.2) is 5.76 Å². The molecule has 0 bridgehead atoms. The van der Waals surface area contributed by atoms with Crippen LogP contribution < -0.4 is 10.1 Å². The maximum absolute atomic E-state index is 12.9. The number of benzene rings is 2. The summed E-state index contributed by atoms with van der Waals surface area (Å²) in [5, 5.41) is 2.81. The number of ether oxygens (including phenoxy) is 1. The van der Waals surface area contributed by atoms with E-state index in [-0.39, 0.29) is 30.2 Å². The fourth-order valence-electron chi connectivity index (χ4n) is 4.85. The van der Waals surface area contributed by atoms with E-state index in [9.17, 15) is 9.59 Å². The molecule has 1 unspecified atom stereocenters. The monoisotopic (exact) mass is 509 g/mol. The van der Waals surface area contributed by atoms with Crippen LogP contribution in [0.25, 0.3) is 0 Å². The second-order valence-electron chi connectivity index (χ2n) is 9.43. The molecule has 2 aromatic carbocycles. The molecular formula is C31H31N3O4. The molecule has 4 aromatic rings. The Hall–Kier alpha value is -4.39. The number of nitrogens with one attached hydrogen (secondary N) is 1. The summed E-state index contributed by atoms with van der Waals surface area (Å²) >= 11 is 0. The predicted molar refractivity (Wildman–Crippen MR) is 144 cm³/mol. The Morgan fingerprint density at radius 2 is 1.97 bits per heavy atom. The molecule has 194 valence electrons. The number of pyridine rings is 1. The smallest absolute Gasteiger partial charge is 0.287 e. The summed E-state index contributed by atoms with van der Waals surface area (Å²) in [4.78, 5) is 31.5. The van der Waals surface area contributed by atoms with Crippen LogP contribution in [0.5, 0.6) is 5.75 Å². The van der Waals surface area contributed by atoms with E-state index in [2.05, 4.69) is 41.5 Å². The summed E-state index contributed by atoms with van der Waals surface area (Å²) in [6.07, 6.45) is 2.95. The fraction of sp³-hybridized carbons (Fsp3) is 0.258. The van der Waals surface area contributed by atoms with Gasteiger partial charge in [-0.05, 0) is 66.4 Å². The van der Waals surface area contributed by atoms with E-state index in [1.807, 2.05) is 48.2 Å². The van der Waals surface area contributed by atoms with E-state index in [4.69, 9.17) is 9.15 Å². The van der Waals surface area contributed by atoms with Crippen molar-refractivity contribution in [3.63, 3.8) is 0 Å². The van der Waals surface area contributed by atoms with Gasteiger partial charge in [0.2, 0.25) is 5.91 Å². The Morgan fingerprint density at radius 3 is 2.76 bits per heavy atom. The molecule has 38 heavy (non-hydrogen) atoms. The van der Waals surface area contributed by atoms with Gasteiger partial charge in [-0.25, -0.2) is 0 Å². The van der Waals surface area contributed by atoms with E-state index in [0.717, 1.165) is 28.8 Å². The molecule has 7 nitrogen and oxygen atoms in total. The number of amides is 2. The van der Waals surface area contributed by atoms with Crippen LogP contribution in [0.4, 0.5) is 0 Å². The van der Waals surface area contributed by atoms with Crippen molar-refractivity contribution in [1.29, 1.82) is 0 Å². The van der Waals surface area contributed by atoms with Crippen LogP contribution in [0.1, 0.15) is 63.6 Å². The zero-order valence-corrected chi connectivity index (χ0v) is 21.6. The second kappa shape index (κ2) is 11.3. The van der Waals surface area contributed by atoms with Gasteiger partial charge in [-0.1, -0.05) is 48.9 Å². The van der Waals surface area contributed by atoms with Crippen molar-refractivity contribution in [1.82, 2.24) is 15.2 Å². The normalized spacial score (nSPS) is 14.6. The standard InChI is InChI=1S/C31H31N3O4/c1-3-29(35)34-16-14-22-10-11-25(18-27(22)30(34)23-8-6-7-21(2)17-23)37-20-26-12-13-28(38-26)31(36)33-19-24-9-4-5-15-32-24/h4-13,15,17-18,30H,3,14,16,19-20H2,1-2H3,(H,33,36).